The molecule has 1 N–H and O–H groups in total. The van der Waals surface area contributed by atoms with Crippen LogP contribution in [0.2, 0.25) is 0 Å². The van der Waals surface area contributed by atoms with Crippen molar-refractivity contribution in [2.75, 3.05) is 25.2 Å². The summed E-state index contributed by atoms with van der Waals surface area (Å²) in [6, 6.07) is 4.99. The molecule has 4 nitrogen and oxygen atoms in total. The SMILES string of the molecule is CS(=O)(=O)C[C@H]1CN[C@@H](Cc2ccc(C(F)(F)F)cc2)CO1. The Hall–Kier alpha value is -1.12. The Morgan fingerprint density at radius 2 is 1.91 bits per heavy atom. The summed E-state index contributed by atoms with van der Waals surface area (Å²) in [5.41, 5.74) is 0.105. The maximum Gasteiger partial charge on any atom is 0.416 e. The highest BCUT2D eigenvalue weighted by Crippen LogP contribution is 2.29. The molecule has 1 aromatic carbocycles. The lowest BCUT2D eigenvalue weighted by molar-refractivity contribution is -0.137. The fourth-order valence-electron chi connectivity index (χ4n) is 2.36. The van der Waals surface area contributed by atoms with Gasteiger partial charge >= 0.3 is 6.18 Å². The lowest BCUT2D eigenvalue weighted by Crippen LogP contribution is -2.49. The molecule has 0 radical (unpaired) electrons. The smallest absolute Gasteiger partial charge is 0.374 e. The summed E-state index contributed by atoms with van der Waals surface area (Å²) in [6.45, 7) is 0.750. The van der Waals surface area contributed by atoms with Crippen LogP contribution in [0.1, 0.15) is 11.1 Å². The number of alkyl halides is 3. The van der Waals surface area contributed by atoms with E-state index in [9.17, 15) is 21.6 Å². The molecule has 124 valence electrons. The number of halogens is 3. The molecule has 2 rings (SSSR count). The van der Waals surface area contributed by atoms with Crippen LogP contribution in [0.5, 0.6) is 0 Å². The molecule has 0 saturated carbocycles. The van der Waals surface area contributed by atoms with E-state index in [1.54, 1.807) is 0 Å². The Morgan fingerprint density at radius 1 is 1.27 bits per heavy atom. The number of hydrogen-bond acceptors (Lipinski definition) is 4. The molecule has 1 fully saturated rings. The quantitative estimate of drug-likeness (QED) is 0.908. The molecule has 1 aromatic rings. The Balaban J connectivity index is 1.86. The Morgan fingerprint density at radius 3 is 2.36 bits per heavy atom. The van der Waals surface area contributed by atoms with E-state index >= 15 is 0 Å². The summed E-state index contributed by atoms with van der Waals surface area (Å²) >= 11 is 0. The van der Waals surface area contributed by atoms with Crippen molar-refractivity contribution in [2.45, 2.75) is 24.7 Å². The largest absolute Gasteiger partial charge is 0.416 e. The highest BCUT2D eigenvalue weighted by atomic mass is 32.2. The van der Waals surface area contributed by atoms with E-state index in [0.717, 1.165) is 24.0 Å². The first-order valence-corrected chi connectivity index (χ1v) is 8.88. The third kappa shape index (κ3) is 5.26. The fraction of sp³-hybridized carbons (Fsp3) is 0.571. The van der Waals surface area contributed by atoms with Crippen LogP contribution in [0, 0.1) is 0 Å². The molecular weight excluding hydrogens is 319 g/mol. The van der Waals surface area contributed by atoms with Crippen LogP contribution in [0.3, 0.4) is 0 Å². The van der Waals surface area contributed by atoms with Gasteiger partial charge in [-0.1, -0.05) is 12.1 Å². The predicted octanol–water partition coefficient (Wildman–Crippen LogP) is 1.65. The Labute approximate surface area is 127 Å². The molecule has 0 unspecified atom stereocenters. The van der Waals surface area contributed by atoms with Crippen molar-refractivity contribution in [1.29, 1.82) is 0 Å². The van der Waals surface area contributed by atoms with Crippen LogP contribution in [0.15, 0.2) is 24.3 Å². The van der Waals surface area contributed by atoms with Crippen molar-refractivity contribution in [3.8, 4) is 0 Å². The van der Waals surface area contributed by atoms with Crippen LogP contribution < -0.4 is 5.32 Å². The summed E-state index contributed by atoms with van der Waals surface area (Å²) in [6.07, 6.45) is -3.02. The van der Waals surface area contributed by atoms with Gasteiger partial charge in [-0.05, 0) is 24.1 Å². The molecule has 0 amide bonds. The van der Waals surface area contributed by atoms with Gasteiger partial charge in [0.25, 0.3) is 0 Å². The van der Waals surface area contributed by atoms with E-state index in [-0.39, 0.29) is 17.9 Å². The summed E-state index contributed by atoms with van der Waals surface area (Å²) in [7, 11) is -3.09. The first-order chi connectivity index (χ1) is 10.1. The summed E-state index contributed by atoms with van der Waals surface area (Å²) < 4.78 is 65.3. The van der Waals surface area contributed by atoms with Crippen molar-refractivity contribution in [1.82, 2.24) is 5.32 Å². The highest BCUT2D eigenvalue weighted by molar-refractivity contribution is 7.90. The number of nitrogens with one attached hydrogen (secondary N) is 1. The monoisotopic (exact) mass is 337 g/mol. The second-order valence-corrected chi connectivity index (χ2v) is 7.74. The molecule has 2 atom stereocenters. The molecule has 0 spiro atoms. The van der Waals surface area contributed by atoms with Gasteiger partial charge in [0.2, 0.25) is 0 Å². The first kappa shape index (κ1) is 17.2. The number of benzene rings is 1. The van der Waals surface area contributed by atoms with Gasteiger partial charge < -0.3 is 10.1 Å². The lowest BCUT2D eigenvalue weighted by atomic mass is 10.0. The normalized spacial score (nSPS) is 23.5. The van der Waals surface area contributed by atoms with Crippen molar-refractivity contribution in [2.24, 2.45) is 0 Å². The molecule has 1 aliphatic heterocycles. The summed E-state index contributed by atoms with van der Waals surface area (Å²) in [4.78, 5) is 0. The van der Waals surface area contributed by atoms with E-state index in [2.05, 4.69) is 5.32 Å². The zero-order valence-electron chi connectivity index (χ0n) is 12.1. The van der Waals surface area contributed by atoms with Crippen molar-refractivity contribution < 1.29 is 26.3 Å². The summed E-state index contributed by atoms with van der Waals surface area (Å²) in [5.74, 6) is -0.0347. The van der Waals surface area contributed by atoms with Crippen molar-refractivity contribution in [3.63, 3.8) is 0 Å². The van der Waals surface area contributed by atoms with Gasteiger partial charge in [-0.2, -0.15) is 13.2 Å². The van der Waals surface area contributed by atoms with Gasteiger partial charge in [-0.25, -0.2) is 8.42 Å². The van der Waals surface area contributed by atoms with Gasteiger partial charge in [0.15, 0.2) is 0 Å². The lowest BCUT2D eigenvalue weighted by Gasteiger charge is -2.30. The molecule has 22 heavy (non-hydrogen) atoms. The number of rotatable bonds is 4. The number of ether oxygens (including phenoxy) is 1. The zero-order valence-corrected chi connectivity index (χ0v) is 12.9. The maximum atomic E-state index is 12.5. The van der Waals surface area contributed by atoms with Gasteiger partial charge in [0.05, 0.1) is 24.0 Å². The number of morpholine rings is 1. The van der Waals surface area contributed by atoms with Crippen LogP contribution in [-0.4, -0.2) is 45.7 Å². The second-order valence-electron chi connectivity index (χ2n) is 5.55. The second kappa shape index (κ2) is 6.55. The fourth-order valence-corrected chi connectivity index (χ4v) is 3.25. The van der Waals surface area contributed by atoms with Gasteiger partial charge in [0, 0.05) is 18.8 Å². The maximum absolute atomic E-state index is 12.5. The van der Waals surface area contributed by atoms with E-state index in [0.29, 0.717) is 19.6 Å². The minimum absolute atomic E-state index is 0.0347. The topological polar surface area (TPSA) is 55.4 Å². The Bertz CT molecular complexity index is 591. The van der Waals surface area contributed by atoms with Gasteiger partial charge in [-0.15, -0.1) is 0 Å². The third-order valence-corrected chi connectivity index (χ3v) is 4.40. The zero-order chi connectivity index (χ0) is 16.4. The Kier molecular flexibility index (Phi) is 5.14. The highest BCUT2D eigenvalue weighted by Gasteiger charge is 2.30. The van der Waals surface area contributed by atoms with E-state index in [4.69, 9.17) is 4.74 Å². The van der Waals surface area contributed by atoms with Crippen molar-refractivity contribution in [3.05, 3.63) is 35.4 Å². The molecule has 1 saturated heterocycles. The molecule has 0 aromatic heterocycles. The minimum atomic E-state index is -4.33. The van der Waals surface area contributed by atoms with E-state index in [1.165, 1.54) is 12.1 Å². The van der Waals surface area contributed by atoms with Gasteiger partial charge in [-0.3, -0.25) is 0 Å². The average molecular weight is 337 g/mol. The predicted molar refractivity (Wildman–Crippen MR) is 76.4 cm³/mol. The van der Waals surface area contributed by atoms with Crippen LogP contribution in [-0.2, 0) is 27.2 Å². The van der Waals surface area contributed by atoms with Crippen LogP contribution >= 0.6 is 0 Å². The van der Waals surface area contributed by atoms with Gasteiger partial charge in [0.1, 0.15) is 9.84 Å². The molecule has 1 heterocycles. The molecular formula is C14H18F3NO3S. The third-order valence-electron chi connectivity index (χ3n) is 3.42. The first-order valence-electron chi connectivity index (χ1n) is 6.82. The molecule has 0 aliphatic carbocycles. The van der Waals surface area contributed by atoms with Crippen LogP contribution in [0.4, 0.5) is 13.2 Å². The molecule has 1 aliphatic rings. The van der Waals surface area contributed by atoms with Crippen LogP contribution in [0.25, 0.3) is 0 Å². The number of hydrogen-bond donors (Lipinski definition) is 1. The molecule has 0 bridgehead atoms. The summed E-state index contributed by atoms with van der Waals surface area (Å²) in [5, 5.41) is 3.17. The van der Waals surface area contributed by atoms with E-state index in [1.807, 2.05) is 0 Å². The minimum Gasteiger partial charge on any atom is -0.374 e. The standard InChI is InChI=1S/C14H18F3NO3S/c1-22(19,20)9-13-7-18-12(8-21-13)6-10-2-4-11(5-3-10)14(15,16)17/h2-5,12-13,18H,6-9H2,1H3/t12-,13+/m0/s1. The van der Waals surface area contributed by atoms with Crippen molar-refractivity contribution >= 4 is 9.84 Å². The average Bonchev–Trinajstić information content (AvgIpc) is 2.39. The number of sulfone groups is 1. The molecule has 8 heteroatoms. The van der Waals surface area contributed by atoms with E-state index < -0.39 is 21.6 Å².